The van der Waals surface area contributed by atoms with Crippen molar-refractivity contribution in [3.8, 4) is 11.1 Å². The quantitative estimate of drug-likeness (QED) is 0.0650. The third-order valence-electron chi connectivity index (χ3n) is 15.4. The predicted octanol–water partition coefficient (Wildman–Crippen LogP) is 8.03. The molecule has 1 aliphatic carbocycles. The van der Waals surface area contributed by atoms with Gasteiger partial charge in [-0.1, -0.05) is 116 Å². The van der Waals surface area contributed by atoms with E-state index in [0.717, 1.165) is 28.7 Å². The molecule has 17 heteroatoms. The molecule has 0 spiro atoms. The molecule has 16 atom stereocenters. The summed E-state index contributed by atoms with van der Waals surface area (Å²) in [6, 6.07) is 14.9. The molecule has 0 aromatic heterocycles. The van der Waals surface area contributed by atoms with E-state index in [1.165, 1.54) is 20.8 Å². The summed E-state index contributed by atoms with van der Waals surface area (Å²) < 4.78 is 61.5. The first-order valence-electron chi connectivity index (χ1n) is 25.5. The average Bonchev–Trinajstić information content (AvgIpc) is 3.66. The maximum absolute atomic E-state index is 12.9. The van der Waals surface area contributed by atoms with Gasteiger partial charge < -0.3 is 57.8 Å². The molecule has 2 N–H and O–H groups in total. The maximum atomic E-state index is 12.9. The van der Waals surface area contributed by atoms with Gasteiger partial charge in [0.25, 0.3) is 0 Å². The number of rotatable bonds is 22. The van der Waals surface area contributed by atoms with E-state index in [-0.39, 0.29) is 92.3 Å². The molecule has 4 aliphatic rings. The highest BCUT2D eigenvalue weighted by atomic mass is 16.7. The fraction of sp³-hybridized carbons (Fsp3) is 0.685. The first-order chi connectivity index (χ1) is 33.9. The number of ether oxygens (including phenoxy) is 10. The minimum atomic E-state index is -1.12. The second-order valence-electron chi connectivity index (χ2n) is 20.2. The summed E-state index contributed by atoms with van der Waals surface area (Å²) in [5.41, 5.74) is 4.36. The monoisotopic (exact) mass is 996 g/mol. The number of amides is 1. The van der Waals surface area contributed by atoms with E-state index < -0.39 is 73.3 Å². The van der Waals surface area contributed by atoms with Crippen LogP contribution in [0.5, 0.6) is 0 Å². The minimum absolute atomic E-state index is 0.00620. The SMILES string of the molecule is CC(=O)OCC1O[C@@H](OCCCCCC[C@H](NC(=O)OCC2c3ccccc3-c3ccccc32)C(=O)O)C(C)[C@@H](C)[C@@H]1O[C@@H]1OC(COC(C)=O)[C@H](O[C@H]2OC(COC(C)=O)[C@H](C)[C@H](C)C2C)[C@H](C)C1C. The molecule has 3 fully saturated rings. The molecule has 3 heterocycles. The van der Waals surface area contributed by atoms with Crippen LogP contribution in [0.4, 0.5) is 4.79 Å². The summed E-state index contributed by atoms with van der Waals surface area (Å²) in [7, 11) is 0. The summed E-state index contributed by atoms with van der Waals surface area (Å²) in [4.78, 5) is 60.8. The van der Waals surface area contributed by atoms with Gasteiger partial charge in [0.1, 0.15) is 44.7 Å². The van der Waals surface area contributed by atoms with Crippen LogP contribution in [-0.2, 0) is 66.5 Å². The Bertz CT molecular complexity index is 2050. The molecule has 0 saturated carbocycles. The highest BCUT2D eigenvalue weighted by Gasteiger charge is 2.51. The highest BCUT2D eigenvalue weighted by Crippen LogP contribution is 2.45. The number of hydrogen-bond donors (Lipinski definition) is 2. The van der Waals surface area contributed by atoms with E-state index in [9.17, 15) is 29.1 Å². The standard InChI is InChI=1S/C54H77NO16/c1-29-30(2)45(26-63-36(8)56)67-52(33(29)5)70-49-32(4)35(7)53(69-47(49)28-65-38(10)58)71-48-31(3)34(6)51(68-46(48)27-64-37(9)57)62-24-18-12-11-13-23-44(50(59)60)55-54(61)66-25-43-41-21-16-14-19-39(41)40-20-15-17-22-42(40)43/h14-17,19-22,29-35,43-49,51-53H,11-13,18,23-28H2,1-10H3,(H,55,61)(H,59,60)/t29-,30+,31+,32+,33?,34?,35?,44-,45?,46?,47?,48-,49+,51+,52+,53-/m0/s1. The van der Waals surface area contributed by atoms with Crippen molar-refractivity contribution in [1.82, 2.24) is 5.32 Å². The number of carboxylic acids is 1. The fourth-order valence-corrected chi connectivity index (χ4v) is 10.3. The first-order valence-corrected chi connectivity index (χ1v) is 25.5. The molecule has 0 bridgehead atoms. The molecule has 6 rings (SSSR count). The van der Waals surface area contributed by atoms with Gasteiger partial charge in [-0.05, 0) is 58.8 Å². The van der Waals surface area contributed by atoms with Crippen molar-refractivity contribution < 1.29 is 76.4 Å². The van der Waals surface area contributed by atoms with Gasteiger partial charge >= 0.3 is 30.0 Å². The van der Waals surface area contributed by atoms with E-state index in [0.29, 0.717) is 25.9 Å². The summed E-state index contributed by atoms with van der Waals surface area (Å²) in [6.45, 7) is 18.9. The van der Waals surface area contributed by atoms with E-state index in [4.69, 9.17) is 47.4 Å². The van der Waals surface area contributed by atoms with Crippen LogP contribution in [0.25, 0.3) is 11.1 Å². The van der Waals surface area contributed by atoms with Crippen LogP contribution < -0.4 is 5.32 Å². The Hall–Kier alpha value is -4.65. The smallest absolute Gasteiger partial charge is 0.407 e. The lowest BCUT2D eigenvalue weighted by atomic mass is 9.78. The lowest BCUT2D eigenvalue weighted by molar-refractivity contribution is -0.352. The number of carbonyl (C=O) groups excluding carboxylic acids is 4. The van der Waals surface area contributed by atoms with Crippen LogP contribution in [-0.4, -0.2) is 124 Å². The van der Waals surface area contributed by atoms with Crippen LogP contribution in [0.1, 0.15) is 118 Å². The summed E-state index contributed by atoms with van der Waals surface area (Å²) in [5, 5.41) is 12.5. The van der Waals surface area contributed by atoms with E-state index in [2.05, 4.69) is 38.2 Å². The largest absolute Gasteiger partial charge is 0.480 e. The summed E-state index contributed by atoms with van der Waals surface area (Å²) in [6.07, 6.45) is -2.78. The molecule has 394 valence electrons. The molecule has 2 aromatic carbocycles. The van der Waals surface area contributed by atoms with Crippen molar-refractivity contribution in [3.05, 3.63) is 59.7 Å². The van der Waals surface area contributed by atoms with Crippen molar-refractivity contribution in [2.24, 2.45) is 41.4 Å². The number of carbonyl (C=O) groups is 5. The Labute approximate surface area is 418 Å². The van der Waals surface area contributed by atoms with E-state index >= 15 is 0 Å². The van der Waals surface area contributed by atoms with Crippen molar-refractivity contribution in [3.63, 3.8) is 0 Å². The molecule has 6 unspecified atom stereocenters. The second kappa shape index (κ2) is 25.8. The Morgan fingerprint density at radius 1 is 0.535 bits per heavy atom. The van der Waals surface area contributed by atoms with Crippen molar-refractivity contribution in [2.45, 2.75) is 163 Å². The van der Waals surface area contributed by atoms with Crippen molar-refractivity contribution >= 4 is 30.0 Å². The normalized spacial score (nSPS) is 31.9. The third-order valence-corrected chi connectivity index (χ3v) is 15.4. The Kier molecular flexibility index (Phi) is 20.3. The van der Waals surface area contributed by atoms with Gasteiger partial charge in [-0.2, -0.15) is 0 Å². The van der Waals surface area contributed by atoms with Crippen molar-refractivity contribution in [1.29, 1.82) is 0 Å². The Morgan fingerprint density at radius 2 is 0.986 bits per heavy atom. The lowest BCUT2D eigenvalue weighted by Gasteiger charge is -2.50. The van der Waals surface area contributed by atoms with Crippen LogP contribution in [0.15, 0.2) is 48.5 Å². The van der Waals surface area contributed by atoms with Crippen molar-refractivity contribution in [2.75, 3.05) is 33.0 Å². The highest BCUT2D eigenvalue weighted by molar-refractivity contribution is 5.81. The zero-order valence-corrected chi connectivity index (χ0v) is 43.1. The summed E-state index contributed by atoms with van der Waals surface area (Å²) in [5.74, 6) is -2.97. The molecule has 3 saturated heterocycles. The second-order valence-corrected chi connectivity index (χ2v) is 20.2. The average molecular weight is 996 g/mol. The van der Waals surface area contributed by atoms with Gasteiger partial charge in [-0.3, -0.25) is 14.4 Å². The Balaban J connectivity index is 0.985. The van der Waals surface area contributed by atoms with Gasteiger partial charge in [0.2, 0.25) is 0 Å². The van der Waals surface area contributed by atoms with Gasteiger partial charge in [0.05, 0.1) is 18.3 Å². The molecule has 3 aliphatic heterocycles. The summed E-state index contributed by atoms with van der Waals surface area (Å²) >= 11 is 0. The number of carboxylic acid groups (broad SMARTS) is 1. The molecule has 0 radical (unpaired) electrons. The predicted molar refractivity (Wildman–Crippen MR) is 258 cm³/mol. The zero-order chi connectivity index (χ0) is 51.5. The number of esters is 3. The molecule has 71 heavy (non-hydrogen) atoms. The van der Waals surface area contributed by atoms with E-state index in [1.54, 1.807) is 0 Å². The number of nitrogens with one attached hydrogen (secondary N) is 1. The number of benzene rings is 2. The number of aliphatic carboxylic acids is 1. The maximum Gasteiger partial charge on any atom is 0.407 e. The third kappa shape index (κ3) is 14.3. The van der Waals surface area contributed by atoms with Gasteiger partial charge in [-0.25, -0.2) is 9.59 Å². The zero-order valence-electron chi connectivity index (χ0n) is 43.1. The minimum Gasteiger partial charge on any atom is -0.480 e. The number of alkyl carbamates (subject to hydrolysis) is 1. The number of hydrogen-bond acceptors (Lipinski definition) is 15. The molecule has 1 amide bonds. The number of unbranched alkanes of at least 4 members (excludes halogenated alkanes) is 3. The van der Waals surface area contributed by atoms with Gasteiger partial charge in [0.15, 0.2) is 18.9 Å². The molecule has 17 nitrogen and oxygen atoms in total. The van der Waals surface area contributed by atoms with E-state index in [1.807, 2.05) is 64.1 Å². The molecular weight excluding hydrogens is 919 g/mol. The number of fused-ring (bicyclic) bond motifs is 3. The van der Waals surface area contributed by atoms with Crippen LogP contribution >= 0.6 is 0 Å². The Morgan fingerprint density at radius 3 is 1.51 bits per heavy atom. The van der Waals surface area contributed by atoms with Crippen LogP contribution in [0.2, 0.25) is 0 Å². The van der Waals surface area contributed by atoms with Crippen LogP contribution in [0.3, 0.4) is 0 Å². The van der Waals surface area contributed by atoms with Gasteiger partial charge in [0, 0.05) is 51.0 Å². The fourth-order valence-electron chi connectivity index (χ4n) is 10.3. The van der Waals surface area contributed by atoms with Gasteiger partial charge in [-0.15, -0.1) is 0 Å². The first kappa shape index (κ1) is 55.7. The molecule has 2 aromatic rings. The lowest BCUT2D eigenvalue weighted by Crippen LogP contribution is -2.59. The van der Waals surface area contributed by atoms with Crippen LogP contribution in [0, 0.1) is 41.4 Å². The topological polar surface area (TPSA) is 210 Å². The molecular formula is C54H77NO16.